The van der Waals surface area contributed by atoms with Crippen molar-refractivity contribution < 1.29 is 4.74 Å². The molecule has 7 heavy (non-hydrogen) atoms. The molecular weight excluding hydrogens is 112 g/mol. The third-order valence-electron chi connectivity index (χ3n) is 0.628. The summed E-state index contributed by atoms with van der Waals surface area (Å²) in [5.74, 6) is 0. The van der Waals surface area contributed by atoms with Gasteiger partial charge in [0.15, 0.2) is 0 Å². The van der Waals surface area contributed by atoms with Gasteiger partial charge < -0.3 is 4.74 Å². The van der Waals surface area contributed by atoms with Gasteiger partial charge in [-0.25, -0.2) is 0 Å². The first-order valence-electron chi connectivity index (χ1n) is 2.33. The second-order valence-corrected chi connectivity index (χ2v) is 1.43. The Balaban J connectivity index is 2.45. The van der Waals surface area contributed by atoms with Gasteiger partial charge in [0.05, 0.1) is 0 Å². The van der Waals surface area contributed by atoms with Crippen LogP contribution < -0.4 is 0 Å². The molecule has 0 aromatic heterocycles. The molecule has 0 spiro atoms. The molecule has 0 rings (SSSR count). The van der Waals surface area contributed by atoms with Gasteiger partial charge in [-0.1, -0.05) is 18.5 Å². The van der Waals surface area contributed by atoms with E-state index in [1.54, 1.807) is 0 Å². The lowest BCUT2D eigenvalue weighted by atomic mass is 10.4. The monoisotopic (exact) mass is 121 g/mol. The molecule has 0 aromatic carbocycles. The molecule has 0 aliphatic rings. The van der Waals surface area contributed by atoms with Crippen LogP contribution in [0.3, 0.4) is 0 Å². The summed E-state index contributed by atoms with van der Waals surface area (Å²) >= 11 is 5.20. The fraction of sp³-hybridized carbons (Fsp3) is 0.800. The van der Waals surface area contributed by atoms with Crippen molar-refractivity contribution in [1.82, 2.24) is 0 Å². The maximum atomic E-state index is 5.20. The lowest BCUT2D eigenvalue weighted by molar-refractivity contribution is 0.182. The molecular formula is C5H10ClO. The molecule has 0 heterocycles. The largest absolute Gasteiger partial charge is 0.366 e. The molecule has 1 nitrogen and oxygen atoms in total. The topological polar surface area (TPSA) is 9.23 Å². The van der Waals surface area contributed by atoms with Gasteiger partial charge in [-0.15, -0.1) is 0 Å². The highest BCUT2D eigenvalue weighted by atomic mass is 35.5. The second kappa shape index (κ2) is 6.25. The van der Waals surface area contributed by atoms with E-state index in [-0.39, 0.29) is 0 Å². The molecule has 1 radical (unpaired) electrons. The highest BCUT2D eigenvalue weighted by Gasteiger charge is 1.79. The Morgan fingerprint density at radius 1 is 1.71 bits per heavy atom. The molecule has 0 aliphatic carbocycles. The van der Waals surface area contributed by atoms with Crippen LogP contribution in [-0.2, 0) is 4.74 Å². The Bertz CT molecular complexity index is 27.3. The number of hydrogen-bond acceptors (Lipinski definition) is 1. The Morgan fingerprint density at radius 2 is 2.43 bits per heavy atom. The Kier molecular flexibility index (Phi) is 6.47. The van der Waals surface area contributed by atoms with Crippen molar-refractivity contribution in [2.24, 2.45) is 0 Å². The van der Waals surface area contributed by atoms with Gasteiger partial charge in [-0.05, 0) is 12.8 Å². The van der Waals surface area contributed by atoms with E-state index in [9.17, 15) is 0 Å². The van der Waals surface area contributed by atoms with Crippen molar-refractivity contribution >= 4 is 11.6 Å². The molecule has 2 heteroatoms. The SMILES string of the molecule is C[CH]CCOCCl. The van der Waals surface area contributed by atoms with Crippen molar-refractivity contribution in [2.75, 3.05) is 12.7 Å². The van der Waals surface area contributed by atoms with E-state index in [1.807, 2.05) is 13.3 Å². The van der Waals surface area contributed by atoms with Crippen molar-refractivity contribution in [2.45, 2.75) is 13.3 Å². The van der Waals surface area contributed by atoms with E-state index in [1.165, 1.54) is 0 Å². The Hall–Kier alpha value is 0.250. The predicted octanol–water partition coefficient (Wildman–Crippen LogP) is 1.81. The third-order valence-corrected chi connectivity index (χ3v) is 0.782. The second-order valence-electron chi connectivity index (χ2n) is 1.21. The maximum absolute atomic E-state index is 5.20. The summed E-state index contributed by atoms with van der Waals surface area (Å²) in [6, 6.07) is 0.313. The first-order valence-corrected chi connectivity index (χ1v) is 2.86. The molecule has 0 amide bonds. The molecule has 0 aliphatic heterocycles. The fourth-order valence-corrected chi connectivity index (χ4v) is 0.365. The van der Waals surface area contributed by atoms with Crippen LogP contribution in [0.15, 0.2) is 0 Å². The lowest BCUT2D eigenvalue weighted by Gasteiger charge is -1.93. The van der Waals surface area contributed by atoms with Crippen LogP contribution in [0.1, 0.15) is 13.3 Å². The maximum Gasteiger partial charge on any atom is 0.120 e. The number of hydrogen-bond donors (Lipinski definition) is 0. The van der Waals surface area contributed by atoms with Crippen LogP contribution in [0, 0.1) is 6.42 Å². The minimum Gasteiger partial charge on any atom is -0.366 e. The van der Waals surface area contributed by atoms with Gasteiger partial charge in [-0.3, -0.25) is 0 Å². The van der Waals surface area contributed by atoms with Crippen LogP contribution in [-0.4, -0.2) is 12.7 Å². The standard InChI is InChI=1S/C5H10ClO/c1-2-3-4-7-5-6/h2H,3-5H2,1H3. The van der Waals surface area contributed by atoms with E-state index in [0.717, 1.165) is 13.0 Å². The van der Waals surface area contributed by atoms with Crippen LogP contribution in [0.2, 0.25) is 0 Å². The number of ether oxygens (including phenoxy) is 1. The quantitative estimate of drug-likeness (QED) is 0.407. The fourth-order valence-electron chi connectivity index (χ4n) is 0.256. The zero-order valence-electron chi connectivity index (χ0n) is 4.48. The van der Waals surface area contributed by atoms with Crippen molar-refractivity contribution in [1.29, 1.82) is 0 Å². The predicted molar refractivity (Wildman–Crippen MR) is 31.3 cm³/mol. The van der Waals surface area contributed by atoms with Gasteiger partial charge >= 0.3 is 0 Å². The number of unbranched alkanes of at least 4 members (excludes halogenated alkanes) is 1. The van der Waals surface area contributed by atoms with E-state index in [0.29, 0.717) is 6.07 Å². The normalized spacial score (nSPS) is 9.43. The van der Waals surface area contributed by atoms with Crippen LogP contribution in [0.25, 0.3) is 0 Å². The minimum atomic E-state index is 0.313. The highest BCUT2D eigenvalue weighted by molar-refractivity contribution is 6.17. The zero-order valence-corrected chi connectivity index (χ0v) is 5.24. The average molecular weight is 122 g/mol. The summed E-state index contributed by atoms with van der Waals surface area (Å²) in [5, 5.41) is 0. The van der Waals surface area contributed by atoms with Crippen LogP contribution >= 0.6 is 11.6 Å². The average Bonchev–Trinajstić information content (AvgIpc) is 1.69. The molecule has 0 atom stereocenters. The zero-order chi connectivity index (χ0) is 5.54. The molecule has 0 N–H and O–H groups in total. The summed E-state index contributed by atoms with van der Waals surface area (Å²) in [6.07, 6.45) is 3.04. The Labute approximate surface area is 49.6 Å². The summed E-state index contributed by atoms with van der Waals surface area (Å²) in [4.78, 5) is 0. The molecule has 0 bridgehead atoms. The van der Waals surface area contributed by atoms with Crippen LogP contribution in [0.5, 0.6) is 0 Å². The number of rotatable bonds is 4. The van der Waals surface area contributed by atoms with Gasteiger partial charge in [0.2, 0.25) is 0 Å². The number of alkyl halides is 1. The van der Waals surface area contributed by atoms with Crippen molar-refractivity contribution in [3.05, 3.63) is 6.42 Å². The van der Waals surface area contributed by atoms with E-state index >= 15 is 0 Å². The molecule has 0 saturated heterocycles. The summed E-state index contributed by atoms with van der Waals surface area (Å²) in [5.41, 5.74) is 0. The van der Waals surface area contributed by atoms with Gasteiger partial charge in [0.25, 0.3) is 0 Å². The first-order chi connectivity index (χ1) is 3.41. The highest BCUT2D eigenvalue weighted by Crippen LogP contribution is 1.86. The molecule has 43 valence electrons. The van der Waals surface area contributed by atoms with Gasteiger partial charge in [0.1, 0.15) is 6.07 Å². The van der Waals surface area contributed by atoms with Crippen molar-refractivity contribution in [3.8, 4) is 0 Å². The summed E-state index contributed by atoms with van der Waals surface area (Å²) < 4.78 is 4.81. The molecule has 0 fully saturated rings. The first kappa shape index (κ1) is 7.25. The van der Waals surface area contributed by atoms with Crippen molar-refractivity contribution in [3.63, 3.8) is 0 Å². The van der Waals surface area contributed by atoms with Crippen LogP contribution in [0.4, 0.5) is 0 Å². The smallest absolute Gasteiger partial charge is 0.120 e. The number of halogens is 1. The lowest BCUT2D eigenvalue weighted by Crippen LogP contribution is -1.89. The van der Waals surface area contributed by atoms with E-state index < -0.39 is 0 Å². The summed E-state index contributed by atoms with van der Waals surface area (Å²) in [6.45, 7) is 2.75. The van der Waals surface area contributed by atoms with E-state index in [2.05, 4.69) is 0 Å². The minimum absolute atomic E-state index is 0.313. The van der Waals surface area contributed by atoms with E-state index in [4.69, 9.17) is 16.3 Å². The third kappa shape index (κ3) is 6.25. The van der Waals surface area contributed by atoms with Gasteiger partial charge in [-0.2, -0.15) is 0 Å². The molecule has 0 unspecified atom stereocenters. The molecule has 0 aromatic rings. The molecule has 0 saturated carbocycles. The Morgan fingerprint density at radius 3 is 2.86 bits per heavy atom. The van der Waals surface area contributed by atoms with Gasteiger partial charge in [0, 0.05) is 6.61 Å². The summed E-state index contributed by atoms with van der Waals surface area (Å²) in [7, 11) is 0.